The number of methoxy groups -OCH3 is 2. The van der Waals surface area contributed by atoms with Crippen LogP contribution in [0.1, 0.15) is 49.2 Å². The van der Waals surface area contributed by atoms with Crippen molar-refractivity contribution in [3.05, 3.63) is 47.0 Å². The van der Waals surface area contributed by atoms with Crippen LogP contribution in [-0.4, -0.2) is 32.7 Å². The Kier molecular flexibility index (Phi) is 7.34. The highest BCUT2D eigenvalue weighted by Gasteiger charge is 2.12. The van der Waals surface area contributed by atoms with E-state index in [1.165, 1.54) is 0 Å². The second-order valence-electron chi connectivity index (χ2n) is 6.66. The molecule has 0 aliphatic carbocycles. The van der Waals surface area contributed by atoms with Crippen LogP contribution in [-0.2, 0) is 0 Å². The van der Waals surface area contributed by atoms with Crippen LogP contribution in [0.2, 0.25) is 0 Å². The molecule has 0 bridgehead atoms. The molecule has 0 heterocycles. The van der Waals surface area contributed by atoms with Crippen LogP contribution in [0.5, 0.6) is 23.0 Å². The van der Waals surface area contributed by atoms with Crippen LogP contribution in [0, 0.1) is 11.8 Å². The Morgan fingerprint density at radius 1 is 0.786 bits per heavy atom. The molecule has 0 unspecified atom stereocenters. The van der Waals surface area contributed by atoms with Gasteiger partial charge in [0.2, 0.25) is 0 Å². The average Bonchev–Trinajstić information content (AvgIpc) is 2.65. The van der Waals surface area contributed by atoms with Gasteiger partial charge in [0, 0.05) is 22.8 Å². The summed E-state index contributed by atoms with van der Waals surface area (Å²) in [5.74, 6) is 8.42. The van der Waals surface area contributed by atoms with E-state index in [9.17, 15) is 4.79 Å². The Balaban J connectivity index is 2.43. The number of aldehydes is 1. The molecule has 0 radical (unpaired) electrons. The van der Waals surface area contributed by atoms with Crippen LogP contribution in [0.15, 0.2) is 30.3 Å². The number of hydrogen-bond acceptors (Lipinski definition) is 5. The van der Waals surface area contributed by atoms with Crippen LogP contribution < -0.4 is 18.9 Å². The van der Waals surface area contributed by atoms with E-state index in [1.807, 2.05) is 45.9 Å². The molecule has 0 saturated heterocycles. The molecule has 5 heteroatoms. The topological polar surface area (TPSA) is 54.0 Å². The number of carbonyl (C=O) groups excluding carboxylic acids is 1. The molecule has 5 nitrogen and oxygen atoms in total. The average molecular weight is 382 g/mol. The van der Waals surface area contributed by atoms with Crippen LogP contribution in [0.25, 0.3) is 0 Å². The van der Waals surface area contributed by atoms with Crippen LogP contribution >= 0.6 is 0 Å². The molecular weight excluding hydrogens is 356 g/mol. The zero-order chi connectivity index (χ0) is 20.7. The maximum absolute atomic E-state index is 11.5. The summed E-state index contributed by atoms with van der Waals surface area (Å²) >= 11 is 0. The third kappa shape index (κ3) is 5.43. The van der Waals surface area contributed by atoms with Crippen molar-refractivity contribution in [3.8, 4) is 34.8 Å². The maximum atomic E-state index is 11.5. The van der Waals surface area contributed by atoms with Gasteiger partial charge in [-0.2, -0.15) is 0 Å². The minimum absolute atomic E-state index is 0.0107. The van der Waals surface area contributed by atoms with Gasteiger partial charge in [-0.1, -0.05) is 11.8 Å². The van der Waals surface area contributed by atoms with E-state index in [0.717, 1.165) is 11.8 Å². The molecule has 148 valence electrons. The summed E-state index contributed by atoms with van der Waals surface area (Å²) in [5, 5.41) is 0. The van der Waals surface area contributed by atoms with Gasteiger partial charge >= 0.3 is 0 Å². The quantitative estimate of drug-likeness (QED) is 0.522. The summed E-state index contributed by atoms with van der Waals surface area (Å²) in [7, 11) is 3.15. The maximum Gasteiger partial charge on any atom is 0.162 e. The fourth-order valence-corrected chi connectivity index (χ4v) is 2.53. The molecule has 0 amide bonds. The van der Waals surface area contributed by atoms with Gasteiger partial charge in [0.05, 0.1) is 26.4 Å². The minimum atomic E-state index is -0.0380. The Bertz CT molecular complexity index is 888. The van der Waals surface area contributed by atoms with Gasteiger partial charge in [-0.05, 0) is 52.0 Å². The predicted octanol–water partition coefficient (Wildman–Crippen LogP) is 4.49. The molecule has 0 N–H and O–H groups in total. The van der Waals surface area contributed by atoms with E-state index >= 15 is 0 Å². The van der Waals surface area contributed by atoms with Crippen molar-refractivity contribution in [3.63, 3.8) is 0 Å². The molecule has 0 aliphatic heterocycles. The molecule has 0 fully saturated rings. The molecule has 2 aromatic carbocycles. The van der Waals surface area contributed by atoms with Gasteiger partial charge in [0.1, 0.15) is 0 Å². The number of carbonyl (C=O) groups is 1. The molecule has 2 aromatic rings. The van der Waals surface area contributed by atoms with Gasteiger partial charge in [0.15, 0.2) is 29.3 Å². The van der Waals surface area contributed by atoms with Crippen molar-refractivity contribution in [2.75, 3.05) is 14.2 Å². The molecule has 0 aliphatic rings. The van der Waals surface area contributed by atoms with E-state index in [2.05, 4.69) is 11.8 Å². The Morgan fingerprint density at radius 3 is 1.93 bits per heavy atom. The van der Waals surface area contributed by atoms with Crippen LogP contribution in [0.4, 0.5) is 0 Å². The Hall–Kier alpha value is -3.13. The third-order valence-corrected chi connectivity index (χ3v) is 3.69. The first-order valence-electron chi connectivity index (χ1n) is 9.08. The zero-order valence-electron chi connectivity index (χ0n) is 17.2. The fraction of sp³-hybridized carbons (Fsp3) is 0.348. The normalized spacial score (nSPS) is 10.3. The van der Waals surface area contributed by atoms with E-state index in [4.69, 9.17) is 18.9 Å². The molecule has 2 rings (SSSR count). The molecule has 0 spiro atoms. The first kappa shape index (κ1) is 21.2. The van der Waals surface area contributed by atoms with Crippen LogP contribution in [0.3, 0.4) is 0 Å². The Labute approximate surface area is 166 Å². The van der Waals surface area contributed by atoms with Crippen molar-refractivity contribution >= 4 is 6.29 Å². The Morgan fingerprint density at radius 2 is 1.39 bits per heavy atom. The third-order valence-electron chi connectivity index (χ3n) is 3.69. The lowest BCUT2D eigenvalue weighted by Crippen LogP contribution is -2.07. The highest BCUT2D eigenvalue weighted by molar-refractivity contribution is 5.81. The zero-order valence-corrected chi connectivity index (χ0v) is 17.2. The predicted molar refractivity (Wildman–Crippen MR) is 109 cm³/mol. The smallest absolute Gasteiger partial charge is 0.162 e. The number of rotatable bonds is 7. The van der Waals surface area contributed by atoms with E-state index in [0.29, 0.717) is 34.1 Å². The first-order chi connectivity index (χ1) is 13.4. The molecular formula is C23H26O5. The summed E-state index contributed by atoms with van der Waals surface area (Å²) in [6.07, 6.45) is 0.735. The second-order valence-corrected chi connectivity index (χ2v) is 6.66. The standard InChI is InChI=1S/C23H26O5/c1-15(2)27-22-11-17(8-10-20(22)25-5)7-9-18-12-21(26-6)23(28-16(3)4)13-19(18)14-24/h8,10-16H,1-6H3. The van der Waals surface area contributed by atoms with E-state index in [1.54, 1.807) is 26.4 Å². The number of ether oxygens (including phenoxy) is 4. The van der Waals surface area contributed by atoms with Gasteiger partial charge < -0.3 is 18.9 Å². The highest BCUT2D eigenvalue weighted by Crippen LogP contribution is 2.31. The summed E-state index contributed by atoms with van der Waals surface area (Å²) in [6, 6.07) is 8.83. The fourth-order valence-electron chi connectivity index (χ4n) is 2.53. The summed E-state index contributed by atoms with van der Waals surface area (Å²) in [5.41, 5.74) is 1.75. The monoisotopic (exact) mass is 382 g/mol. The van der Waals surface area contributed by atoms with Crippen molar-refractivity contribution in [2.45, 2.75) is 39.9 Å². The summed E-state index contributed by atoms with van der Waals surface area (Å²) < 4.78 is 22.2. The first-order valence-corrected chi connectivity index (χ1v) is 9.08. The highest BCUT2D eigenvalue weighted by atomic mass is 16.5. The van der Waals surface area contributed by atoms with E-state index in [-0.39, 0.29) is 12.2 Å². The van der Waals surface area contributed by atoms with Gasteiger partial charge in [-0.25, -0.2) is 0 Å². The van der Waals surface area contributed by atoms with Crippen molar-refractivity contribution < 1.29 is 23.7 Å². The van der Waals surface area contributed by atoms with Crippen molar-refractivity contribution in [2.24, 2.45) is 0 Å². The lowest BCUT2D eigenvalue weighted by atomic mass is 10.1. The second kappa shape index (κ2) is 9.70. The lowest BCUT2D eigenvalue weighted by Gasteiger charge is -2.14. The summed E-state index contributed by atoms with van der Waals surface area (Å²) in [4.78, 5) is 11.5. The molecule has 28 heavy (non-hydrogen) atoms. The van der Waals surface area contributed by atoms with Gasteiger partial charge in [-0.15, -0.1) is 0 Å². The van der Waals surface area contributed by atoms with Crippen molar-refractivity contribution in [1.29, 1.82) is 0 Å². The molecule has 0 saturated carbocycles. The lowest BCUT2D eigenvalue weighted by molar-refractivity contribution is 0.112. The molecule has 0 atom stereocenters. The minimum Gasteiger partial charge on any atom is -0.493 e. The number of benzene rings is 2. The van der Waals surface area contributed by atoms with Gasteiger partial charge in [0.25, 0.3) is 0 Å². The van der Waals surface area contributed by atoms with Gasteiger partial charge in [-0.3, -0.25) is 4.79 Å². The molecule has 0 aromatic heterocycles. The van der Waals surface area contributed by atoms with Crippen molar-refractivity contribution in [1.82, 2.24) is 0 Å². The summed E-state index contributed by atoms with van der Waals surface area (Å²) in [6.45, 7) is 7.71. The SMILES string of the molecule is COc1ccc(C#Cc2cc(OC)c(OC(C)C)cc2C=O)cc1OC(C)C. The van der Waals surface area contributed by atoms with E-state index < -0.39 is 0 Å². The largest absolute Gasteiger partial charge is 0.493 e. The number of hydrogen-bond donors (Lipinski definition) is 0.